The minimum Gasteiger partial charge on any atom is -0.497 e. The highest BCUT2D eigenvalue weighted by molar-refractivity contribution is 5.80. The fourth-order valence-corrected chi connectivity index (χ4v) is 3.59. The van der Waals surface area contributed by atoms with E-state index in [9.17, 15) is 0 Å². The fourth-order valence-electron chi connectivity index (χ4n) is 3.59. The molecule has 1 unspecified atom stereocenters. The number of hydrogen-bond donors (Lipinski definition) is 2. The first-order valence-corrected chi connectivity index (χ1v) is 10.3. The third-order valence-electron chi connectivity index (χ3n) is 5.13. The third kappa shape index (κ3) is 5.79. The Morgan fingerprint density at radius 1 is 1.10 bits per heavy atom. The maximum atomic E-state index is 5.52. The number of guanidine groups is 1. The molecule has 1 fully saturated rings. The van der Waals surface area contributed by atoms with Crippen LogP contribution in [0.3, 0.4) is 0 Å². The Bertz CT molecular complexity index is 792. The molecule has 1 saturated heterocycles. The fraction of sp³-hybridized carbons (Fsp3) is 0.435. The monoisotopic (exact) mass is 396 g/mol. The molecule has 3 rings (SSSR count). The van der Waals surface area contributed by atoms with Crippen LogP contribution in [-0.2, 0) is 6.42 Å². The van der Waals surface area contributed by atoms with Gasteiger partial charge < -0.3 is 25.0 Å². The number of aliphatic imine (C=N–C) groups is 1. The van der Waals surface area contributed by atoms with Gasteiger partial charge in [0.05, 0.1) is 19.9 Å². The number of hydrogen-bond acceptors (Lipinski definition) is 4. The molecule has 0 bridgehead atoms. The van der Waals surface area contributed by atoms with E-state index in [1.54, 1.807) is 14.2 Å². The van der Waals surface area contributed by atoms with Crippen LogP contribution in [0.1, 0.15) is 18.9 Å². The lowest BCUT2D eigenvalue weighted by atomic mass is 10.1. The molecule has 2 aromatic rings. The summed E-state index contributed by atoms with van der Waals surface area (Å²) in [6.45, 7) is 5.62. The second-order valence-electron chi connectivity index (χ2n) is 7.11. The Hall–Kier alpha value is -2.89. The van der Waals surface area contributed by atoms with E-state index in [4.69, 9.17) is 14.5 Å². The highest BCUT2D eigenvalue weighted by Gasteiger charge is 2.25. The highest BCUT2D eigenvalue weighted by Crippen LogP contribution is 2.30. The minimum atomic E-state index is 0.360. The summed E-state index contributed by atoms with van der Waals surface area (Å²) >= 11 is 0. The first-order valence-electron chi connectivity index (χ1n) is 10.3. The summed E-state index contributed by atoms with van der Waals surface area (Å²) in [5.41, 5.74) is 2.41. The molecule has 2 aromatic carbocycles. The minimum absolute atomic E-state index is 0.360. The average molecular weight is 397 g/mol. The van der Waals surface area contributed by atoms with Crippen molar-refractivity contribution in [3.8, 4) is 11.5 Å². The molecule has 0 spiro atoms. The van der Waals surface area contributed by atoms with Crippen LogP contribution >= 0.6 is 0 Å². The number of anilines is 1. The summed E-state index contributed by atoms with van der Waals surface area (Å²) in [5, 5.41) is 6.96. The van der Waals surface area contributed by atoms with Gasteiger partial charge in [0.2, 0.25) is 0 Å². The molecule has 6 nitrogen and oxygen atoms in total. The van der Waals surface area contributed by atoms with Gasteiger partial charge in [0.1, 0.15) is 11.5 Å². The van der Waals surface area contributed by atoms with Gasteiger partial charge in [0.25, 0.3) is 0 Å². The van der Waals surface area contributed by atoms with Crippen LogP contribution in [0.2, 0.25) is 0 Å². The Morgan fingerprint density at radius 3 is 2.62 bits per heavy atom. The van der Waals surface area contributed by atoms with Crippen molar-refractivity contribution < 1.29 is 9.47 Å². The zero-order valence-corrected chi connectivity index (χ0v) is 17.6. The molecular formula is C23H32N4O2. The second kappa shape index (κ2) is 10.6. The van der Waals surface area contributed by atoms with E-state index in [0.29, 0.717) is 6.04 Å². The Morgan fingerprint density at radius 2 is 1.90 bits per heavy atom. The van der Waals surface area contributed by atoms with Crippen molar-refractivity contribution in [2.75, 3.05) is 45.3 Å². The molecule has 0 aromatic heterocycles. The van der Waals surface area contributed by atoms with Crippen molar-refractivity contribution in [2.45, 2.75) is 25.8 Å². The lowest BCUT2D eigenvalue weighted by Gasteiger charge is -2.22. The van der Waals surface area contributed by atoms with Crippen molar-refractivity contribution in [3.63, 3.8) is 0 Å². The van der Waals surface area contributed by atoms with Crippen LogP contribution in [0.15, 0.2) is 53.5 Å². The number of nitrogens with one attached hydrogen (secondary N) is 2. The molecule has 0 aliphatic carbocycles. The SMILES string of the molecule is CCNC(=NCCc1ccc(OC)cc1)NC1CCN(c2ccccc2OC)C1. The van der Waals surface area contributed by atoms with E-state index in [1.807, 2.05) is 24.3 Å². The van der Waals surface area contributed by atoms with Gasteiger partial charge >= 0.3 is 0 Å². The number of nitrogens with zero attached hydrogens (tertiary/aromatic N) is 2. The van der Waals surface area contributed by atoms with E-state index in [-0.39, 0.29) is 0 Å². The zero-order valence-electron chi connectivity index (χ0n) is 17.6. The lowest BCUT2D eigenvalue weighted by molar-refractivity contribution is 0.414. The molecule has 156 valence electrons. The van der Waals surface area contributed by atoms with Gasteiger partial charge in [-0.3, -0.25) is 4.99 Å². The van der Waals surface area contributed by atoms with Gasteiger partial charge in [0.15, 0.2) is 5.96 Å². The number of para-hydroxylation sites is 2. The van der Waals surface area contributed by atoms with Crippen LogP contribution in [0.5, 0.6) is 11.5 Å². The van der Waals surface area contributed by atoms with E-state index in [0.717, 1.165) is 62.2 Å². The molecule has 1 atom stereocenters. The predicted octanol–water partition coefficient (Wildman–Crippen LogP) is 3.08. The van der Waals surface area contributed by atoms with Crippen LogP contribution in [0.25, 0.3) is 0 Å². The molecule has 1 heterocycles. The number of rotatable bonds is 8. The Balaban J connectivity index is 1.55. The predicted molar refractivity (Wildman–Crippen MR) is 119 cm³/mol. The van der Waals surface area contributed by atoms with Gasteiger partial charge in [0, 0.05) is 32.2 Å². The maximum absolute atomic E-state index is 5.52. The molecule has 1 aliphatic rings. The molecule has 0 amide bonds. The molecular weight excluding hydrogens is 364 g/mol. The van der Waals surface area contributed by atoms with E-state index >= 15 is 0 Å². The summed E-state index contributed by atoms with van der Waals surface area (Å²) < 4.78 is 10.7. The molecule has 1 aliphatic heterocycles. The number of methoxy groups -OCH3 is 2. The highest BCUT2D eigenvalue weighted by atomic mass is 16.5. The van der Waals surface area contributed by atoms with Gasteiger partial charge in [-0.1, -0.05) is 24.3 Å². The van der Waals surface area contributed by atoms with Crippen molar-refractivity contribution in [2.24, 2.45) is 4.99 Å². The zero-order chi connectivity index (χ0) is 20.5. The van der Waals surface area contributed by atoms with E-state index < -0.39 is 0 Å². The van der Waals surface area contributed by atoms with E-state index in [1.165, 1.54) is 5.56 Å². The smallest absolute Gasteiger partial charge is 0.191 e. The molecule has 0 radical (unpaired) electrons. The van der Waals surface area contributed by atoms with Crippen LogP contribution in [0, 0.1) is 0 Å². The largest absolute Gasteiger partial charge is 0.497 e. The molecule has 2 N–H and O–H groups in total. The summed E-state index contributed by atoms with van der Waals surface area (Å²) in [5.74, 6) is 2.69. The summed E-state index contributed by atoms with van der Waals surface area (Å²) in [4.78, 5) is 7.14. The molecule has 29 heavy (non-hydrogen) atoms. The Kier molecular flexibility index (Phi) is 7.61. The number of ether oxygens (including phenoxy) is 2. The van der Waals surface area contributed by atoms with Crippen molar-refractivity contribution in [3.05, 3.63) is 54.1 Å². The van der Waals surface area contributed by atoms with Gasteiger partial charge in [-0.15, -0.1) is 0 Å². The van der Waals surface area contributed by atoms with Crippen LogP contribution in [-0.4, -0.2) is 52.4 Å². The first-order chi connectivity index (χ1) is 14.2. The van der Waals surface area contributed by atoms with Crippen molar-refractivity contribution in [1.82, 2.24) is 10.6 Å². The van der Waals surface area contributed by atoms with Gasteiger partial charge in [-0.25, -0.2) is 0 Å². The topological polar surface area (TPSA) is 58.1 Å². The standard InChI is InChI=1S/C23H32N4O2/c1-4-24-23(25-15-13-18-9-11-20(28-2)12-10-18)26-19-14-16-27(17-19)21-7-5-6-8-22(21)29-3/h5-12,19H,4,13-17H2,1-3H3,(H2,24,25,26). The van der Waals surface area contributed by atoms with Crippen molar-refractivity contribution >= 4 is 11.6 Å². The summed E-state index contributed by atoms with van der Waals surface area (Å²) in [6, 6.07) is 16.7. The molecule has 0 saturated carbocycles. The molecule has 6 heteroatoms. The van der Waals surface area contributed by atoms with Crippen LogP contribution in [0.4, 0.5) is 5.69 Å². The maximum Gasteiger partial charge on any atom is 0.191 e. The van der Waals surface area contributed by atoms with Crippen LogP contribution < -0.4 is 25.0 Å². The first kappa shape index (κ1) is 20.8. The van der Waals surface area contributed by atoms with Gasteiger partial charge in [-0.05, 0) is 49.6 Å². The Labute approximate surface area is 173 Å². The van der Waals surface area contributed by atoms with Gasteiger partial charge in [-0.2, -0.15) is 0 Å². The van der Waals surface area contributed by atoms with E-state index in [2.05, 4.69) is 46.7 Å². The third-order valence-corrected chi connectivity index (χ3v) is 5.13. The second-order valence-corrected chi connectivity index (χ2v) is 7.11. The summed E-state index contributed by atoms with van der Waals surface area (Å²) in [6.07, 6.45) is 1.97. The summed E-state index contributed by atoms with van der Waals surface area (Å²) in [7, 11) is 3.41. The lowest BCUT2D eigenvalue weighted by Crippen LogP contribution is -2.44. The normalized spacial score (nSPS) is 16.6. The quantitative estimate of drug-likeness (QED) is 0.530. The average Bonchev–Trinajstić information content (AvgIpc) is 3.22. The number of benzene rings is 2. The van der Waals surface area contributed by atoms with Crippen molar-refractivity contribution in [1.29, 1.82) is 0 Å².